The maximum atomic E-state index is 12.4. The number of hydrogen-bond donors (Lipinski definition) is 7. The molecule has 4 aromatic carbocycles. The Morgan fingerprint density at radius 2 is 0.863 bits per heavy atom. The Balaban J connectivity index is 0.000000582. The number of carbonyl (C=O) groups excluding carboxylic acids is 2. The molecule has 446 valence electrons. The van der Waals surface area contributed by atoms with E-state index in [1.54, 1.807) is 62.4 Å². The van der Waals surface area contributed by atoms with Crippen molar-refractivity contribution in [3.63, 3.8) is 0 Å². The van der Waals surface area contributed by atoms with E-state index < -0.39 is 52.6 Å². The summed E-state index contributed by atoms with van der Waals surface area (Å²) in [6.07, 6.45) is 9.09. The molecule has 80 heavy (non-hydrogen) atoms. The number of unbranched alkanes of at least 4 members (excludes halogenated alkanes) is 2. The van der Waals surface area contributed by atoms with Gasteiger partial charge in [-0.25, -0.2) is 4.79 Å². The number of ether oxygens (including phenoxy) is 2. The van der Waals surface area contributed by atoms with Crippen molar-refractivity contribution in [2.45, 2.75) is 151 Å². The van der Waals surface area contributed by atoms with Gasteiger partial charge in [-0.15, -0.1) is 0 Å². The zero-order chi connectivity index (χ0) is 60.7. The highest BCUT2D eigenvalue weighted by Crippen LogP contribution is 2.26. The van der Waals surface area contributed by atoms with E-state index in [4.69, 9.17) is 49.9 Å². The minimum atomic E-state index is -4.02. The first-order valence-electron chi connectivity index (χ1n) is 25.6. The number of aryl methyl sites for hydroxylation is 4. The summed E-state index contributed by atoms with van der Waals surface area (Å²) in [4.78, 5) is 37.4. The molecule has 0 aliphatic heterocycles. The van der Waals surface area contributed by atoms with Crippen LogP contribution in [0.4, 0.5) is 0 Å². The average Bonchev–Trinajstić information content (AvgIpc) is 3.36. The largest absolute Gasteiger partial charge is 0.465 e. The summed E-state index contributed by atoms with van der Waals surface area (Å²) in [7, 11) is -16.1. The van der Waals surface area contributed by atoms with E-state index in [2.05, 4.69) is 9.98 Å². The highest BCUT2D eigenvalue weighted by molar-refractivity contribution is 7.86. The molecule has 4 aromatic rings. The van der Waals surface area contributed by atoms with Gasteiger partial charge in [0, 0.05) is 18.8 Å². The van der Waals surface area contributed by atoms with Gasteiger partial charge < -0.3 is 26.7 Å². The van der Waals surface area contributed by atoms with Crippen LogP contribution in [0.1, 0.15) is 114 Å². The molecule has 0 radical (unpaired) electrons. The SMILES string of the molecule is CCOC(=O)C(CCCCN=C(C)N)N=C1CCC(CCOC(=O)C(N)CCCCN=C(C)N)CC1.Cc1ccc(S(=O)(=O)O)cc1.Cc1ccc(S(=O)(=O)O)cc1.Cc1ccc(S(=O)(=O)O)cc1.Cc1ccc(S(=O)(=O)O)cc1. The van der Waals surface area contributed by atoms with Crippen LogP contribution in [0.25, 0.3) is 0 Å². The Labute approximate surface area is 472 Å². The number of aliphatic imine (C=N–C) groups is 3. The van der Waals surface area contributed by atoms with Crippen LogP contribution in [-0.4, -0.2) is 120 Å². The molecule has 1 fully saturated rings. The predicted molar refractivity (Wildman–Crippen MR) is 309 cm³/mol. The van der Waals surface area contributed by atoms with Gasteiger partial charge in [-0.2, -0.15) is 33.7 Å². The number of esters is 2. The number of carbonyl (C=O) groups is 2. The molecule has 0 bridgehead atoms. The quantitative estimate of drug-likeness (QED) is 0.0137. The highest BCUT2D eigenvalue weighted by atomic mass is 32.2. The van der Waals surface area contributed by atoms with Crippen LogP contribution in [0, 0.1) is 33.6 Å². The Kier molecular flexibility index (Phi) is 32.8. The van der Waals surface area contributed by atoms with Crippen molar-refractivity contribution in [3.8, 4) is 0 Å². The molecule has 0 spiro atoms. The lowest BCUT2D eigenvalue weighted by molar-refractivity contribution is -0.146. The van der Waals surface area contributed by atoms with Crippen LogP contribution >= 0.6 is 0 Å². The second-order valence-electron chi connectivity index (χ2n) is 18.7. The molecule has 22 nitrogen and oxygen atoms in total. The lowest BCUT2D eigenvalue weighted by Crippen LogP contribution is -2.32. The molecular formula is C54H80N6O16S4. The van der Waals surface area contributed by atoms with Crippen LogP contribution in [0.3, 0.4) is 0 Å². The maximum Gasteiger partial charge on any atom is 0.330 e. The summed E-state index contributed by atoms with van der Waals surface area (Å²) in [5.74, 6) is 1.03. The number of amidine groups is 2. The highest BCUT2D eigenvalue weighted by Gasteiger charge is 2.24. The van der Waals surface area contributed by atoms with E-state index in [-0.39, 0.29) is 31.5 Å². The second kappa shape index (κ2) is 36.4. The van der Waals surface area contributed by atoms with E-state index in [1.807, 2.05) is 34.6 Å². The minimum Gasteiger partial charge on any atom is -0.465 e. The van der Waals surface area contributed by atoms with E-state index in [9.17, 15) is 43.3 Å². The lowest BCUT2D eigenvalue weighted by atomic mass is 9.86. The Bertz CT molecular complexity index is 2750. The monoisotopic (exact) mass is 1200 g/mol. The molecule has 0 amide bonds. The molecule has 2 atom stereocenters. The molecule has 1 saturated carbocycles. The molecule has 1 aliphatic rings. The minimum absolute atomic E-state index is 0.0666. The standard InChI is InChI=1S/C26H48N6O4.4C7H8O3S/c1-4-35-26(34)24(10-6-8-17-31-20(3)28)32-22-13-11-21(12-14-22)15-18-36-25(33)23(29)9-5-7-16-30-19(2)27;4*1-6-2-4-7(5-3-6)11(8,9)10/h21,23-24H,4-18,29H2,1-3H3,(H2,27,30)(H2,28,31);4*2-5H,1H3,(H,8,9,10). The summed E-state index contributed by atoms with van der Waals surface area (Å²) in [6.45, 7) is 14.8. The second-order valence-corrected chi connectivity index (χ2v) is 24.3. The first-order valence-corrected chi connectivity index (χ1v) is 31.3. The summed E-state index contributed by atoms with van der Waals surface area (Å²) in [6, 6.07) is 22.9. The topological polar surface area (TPSA) is 385 Å². The molecule has 0 heterocycles. The van der Waals surface area contributed by atoms with Gasteiger partial charge in [0.1, 0.15) is 12.1 Å². The van der Waals surface area contributed by atoms with E-state index in [1.165, 1.54) is 48.5 Å². The van der Waals surface area contributed by atoms with Crippen molar-refractivity contribution in [2.24, 2.45) is 38.1 Å². The van der Waals surface area contributed by atoms with Crippen LogP contribution < -0.4 is 17.2 Å². The molecule has 1 aliphatic carbocycles. The van der Waals surface area contributed by atoms with Crippen molar-refractivity contribution < 1.29 is 70.9 Å². The fourth-order valence-electron chi connectivity index (χ4n) is 6.95. The Morgan fingerprint density at radius 3 is 1.16 bits per heavy atom. The third-order valence-electron chi connectivity index (χ3n) is 11.5. The number of rotatable bonds is 21. The van der Waals surface area contributed by atoms with Gasteiger partial charge >= 0.3 is 11.9 Å². The van der Waals surface area contributed by atoms with Crippen molar-refractivity contribution in [2.75, 3.05) is 26.3 Å². The predicted octanol–water partition coefficient (Wildman–Crippen LogP) is 7.87. The van der Waals surface area contributed by atoms with E-state index >= 15 is 0 Å². The van der Waals surface area contributed by atoms with Gasteiger partial charge in [0.2, 0.25) is 0 Å². The number of nitrogens with two attached hydrogens (primary N) is 3. The number of hydrogen-bond acceptors (Lipinski definition) is 16. The van der Waals surface area contributed by atoms with Gasteiger partial charge in [-0.1, -0.05) is 70.8 Å². The van der Waals surface area contributed by atoms with Crippen molar-refractivity contribution in [1.82, 2.24) is 0 Å². The smallest absolute Gasteiger partial charge is 0.330 e. The van der Waals surface area contributed by atoms with Crippen LogP contribution in [0.5, 0.6) is 0 Å². The first-order chi connectivity index (χ1) is 37.2. The van der Waals surface area contributed by atoms with Crippen molar-refractivity contribution >= 4 is 69.8 Å². The third kappa shape index (κ3) is 32.9. The fraction of sp³-hybridized carbons (Fsp3) is 0.463. The van der Waals surface area contributed by atoms with Crippen LogP contribution in [-0.2, 0) is 59.5 Å². The molecule has 0 saturated heterocycles. The Hall–Kier alpha value is -5.97. The van der Waals surface area contributed by atoms with Crippen LogP contribution in [0.15, 0.2) is 132 Å². The summed E-state index contributed by atoms with van der Waals surface area (Å²) in [5, 5.41) is 0. The van der Waals surface area contributed by atoms with Gasteiger partial charge in [-0.3, -0.25) is 38.0 Å². The van der Waals surface area contributed by atoms with Gasteiger partial charge in [0.05, 0.1) is 44.5 Å². The van der Waals surface area contributed by atoms with Gasteiger partial charge in [0.15, 0.2) is 0 Å². The summed E-state index contributed by atoms with van der Waals surface area (Å²) in [5.41, 5.74) is 21.9. The lowest BCUT2D eigenvalue weighted by Gasteiger charge is -2.24. The van der Waals surface area contributed by atoms with Crippen LogP contribution in [0.2, 0.25) is 0 Å². The Morgan fingerprint density at radius 1 is 0.537 bits per heavy atom. The zero-order valence-electron chi connectivity index (χ0n) is 46.5. The number of nitrogens with zero attached hydrogens (tertiary/aromatic N) is 3. The van der Waals surface area contributed by atoms with E-state index in [0.717, 1.165) is 85.8 Å². The van der Waals surface area contributed by atoms with Crippen molar-refractivity contribution in [1.29, 1.82) is 0 Å². The number of benzene rings is 4. The van der Waals surface area contributed by atoms with Gasteiger partial charge in [-0.05, 0) is 174 Å². The maximum absolute atomic E-state index is 12.4. The first kappa shape index (κ1) is 72.0. The van der Waals surface area contributed by atoms with Gasteiger partial charge in [0.25, 0.3) is 40.5 Å². The average molecular weight is 1200 g/mol. The molecule has 26 heteroatoms. The molecule has 10 N–H and O–H groups in total. The molecule has 5 rings (SSSR count). The van der Waals surface area contributed by atoms with E-state index in [0.29, 0.717) is 56.7 Å². The zero-order valence-corrected chi connectivity index (χ0v) is 49.7. The molecular weight excluding hydrogens is 1120 g/mol. The third-order valence-corrected chi connectivity index (χ3v) is 14.9. The normalized spacial score (nSPS) is 14.6. The summed E-state index contributed by atoms with van der Waals surface area (Å²) < 4.78 is 129. The molecule has 2 unspecified atom stereocenters. The summed E-state index contributed by atoms with van der Waals surface area (Å²) >= 11 is 0. The molecule has 0 aromatic heterocycles. The van der Waals surface area contributed by atoms with Crippen molar-refractivity contribution in [3.05, 3.63) is 119 Å². The fourth-order valence-corrected chi connectivity index (χ4v) is 8.87.